The highest BCUT2D eigenvalue weighted by molar-refractivity contribution is 7.90. The van der Waals surface area contributed by atoms with Crippen molar-refractivity contribution in [2.24, 2.45) is 0 Å². The highest BCUT2D eigenvalue weighted by Gasteiger charge is 2.30. The van der Waals surface area contributed by atoms with E-state index in [9.17, 15) is 31.2 Å². The van der Waals surface area contributed by atoms with Crippen molar-refractivity contribution in [1.29, 1.82) is 0 Å². The Morgan fingerprint density at radius 3 is 2.19 bits per heavy atom. The third-order valence-electron chi connectivity index (χ3n) is 5.63. The molecule has 10 heteroatoms. The Hall–Kier alpha value is -4.18. The molecule has 0 unspecified atom stereocenters. The van der Waals surface area contributed by atoms with E-state index < -0.39 is 33.0 Å². The van der Waals surface area contributed by atoms with Gasteiger partial charge in [0.15, 0.2) is 9.84 Å². The Morgan fingerprint density at radius 1 is 0.892 bits per heavy atom. The SMILES string of the molecule is CS(=O)(=O)c1ccc(CNC(=O)c2cc(-c3ccccc3)cn(-c3cccc(C(F)(F)F)c3)c2=O)cc1. The van der Waals surface area contributed by atoms with Gasteiger partial charge in [0.05, 0.1) is 10.5 Å². The summed E-state index contributed by atoms with van der Waals surface area (Å²) >= 11 is 0. The molecule has 37 heavy (non-hydrogen) atoms. The second-order valence-electron chi connectivity index (χ2n) is 8.33. The lowest BCUT2D eigenvalue weighted by atomic mass is 10.0. The van der Waals surface area contributed by atoms with Crippen molar-refractivity contribution in [2.45, 2.75) is 17.6 Å². The minimum atomic E-state index is -4.61. The largest absolute Gasteiger partial charge is 0.416 e. The van der Waals surface area contributed by atoms with Crippen LogP contribution in [0.4, 0.5) is 13.2 Å². The Balaban J connectivity index is 1.73. The fraction of sp³-hybridized carbons (Fsp3) is 0.111. The van der Waals surface area contributed by atoms with Crippen molar-refractivity contribution in [3.63, 3.8) is 0 Å². The quantitative estimate of drug-likeness (QED) is 0.389. The van der Waals surface area contributed by atoms with Crippen molar-refractivity contribution in [1.82, 2.24) is 9.88 Å². The van der Waals surface area contributed by atoms with Crippen molar-refractivity contribution < 1.29 is 26.4 Å². The van der Waals surface area contributed by atoms with E-state index in [1.807, 2.05) is 0 Å². The molecule has 0 aliphatic rings. The van der Waals surface area contributed by atoms with Gasteiger partial charge in [-0.2, -0.15) is 13.2 Å². The lowest BCUT2D eigenvalue weighted by Gasteiger charge is -2.14. The van der Waals surface area contributed by atoms with Gasteiger partial charge in [0.25, 0.3) is 11.5 Å². The topological polar surface area (TPSA) is 85.2 Å². The molecule has 6 nitrogen and oxygen atoms in total. The van der Waals surface area contributed by atoms with E-state index in [4.69, 9.17) is 0 Å². The summed E-state index contributed by atoms with van der Waals surface area (Å²) in [4.78, 5) is 26.5. The van der Waals surface area contributed by atoms with Gasteiger partial charge < -0.3 is 5.32 Å². The summed E-state index contributed by atoms with van der Waals surface area (Å²) in [5.74, 6) is -0.726. The van der Waals surface area contributed by atoms with Gasteiger partial charge in [0.1, 0.15) is 5.56 Å². The zero-order valence-electron chi connectivity index (χ0n) is 19.5. The average molecular weight is 527 g/mol. The number of rotatable bonds is 6. The van der Waals surface area contributed by atoms with Gasteiger partial charge in [-0.25, -0.2) is 8.42 Å². The number of hydrogen-bond acceptors (Lipinski definition) is 4. The molecule has 0 atom stereocenters. The summed E-state index contributed by atoms with van der Waals surface area (Å²) in [6, 6.07) is 20.4. The maximum atomic E-state index is 13.3. The molecular weight excluding hydrogens is 505 g/mol. The molecule has 0 radical (unpaired) electrons. The van der Waals surface area contributed by atoms with E-state index in [1.165, 1.54) is 48.7 Å². The number of pyridine rings is 1. The molecule has 1 heterocycles. The third-order valence-corrected chi connectivity index (χ3v) is 6.75. The molecule has 0 aliphatic heterocycles. The van der Waals surface area contributed by atoms with Crippen LogP contribution in [-0.2, 0) is 22.6 Å². The molecule has 190 valence electrons. The Labute approximate surface area is 210 Å². The highest BCUT2D eigenvalue weighted by atomic mass is 32.2. The summed E-state index contributed by atoms with van der Waals surface area (Å²) in [6.45, 7) is 0.00143. The van der Waals surface area contributed by atoms with Crippen LogP contribution in [-0.4, -0.2) is 25.1 Å². The standard InChI is InChI=1S/C27H21F3N2O4S/c1-37(35,36)23-12-10-18(11-13-23)16-31-25(33)24-14-20(19-6-3-2-4-7-19)17-32(26(24)34)22-9-5-8-21(15-22)27(28,29)30/h2-15,17H,16H2,1H3,(H,31,33). The summed E-state index contributed by atoms with van der Waals surface area (Å²) in [6.07, 6.45) is -2.13. The van der Waals surface area contributed by atoms with Crippen LogP contribution in [0.15, 0.2) is 101 Å². The first-order chi connectivity index (χ1) is 17.4. The van der Waals surface area contributed by atoms with E-state index in [2.05, 4.69) is 5.32 Å². The van der Waals surface area contributed by atoms with Gasteiger partial charge in [-0.1, -0.05) is 48.5 Å². The highest BCUT2D eigenvalue weighted by Crippen LogP contribution is 2.30. The van der Waals surface area contributed by atoms with Gasteiger partial charge in [-0.3, -0.25) is 14.2 Å². The van der Waals surface area contributed by atoms with E-state index in [-0.39, 0.29) is 22.7 Å². The number of halogens is 3. The number of sulfone groups is 1. The Morgan fingerprint density at radius 2 is 1.57 bits per heavy atom. The number of hydrogen-bond donors (Lipinski definition) is 1. The normalized spacial score (nSPS) is 11.8. The van der Waals surface area contributed by atoms with Gasteiger partial charge >= 0.3 is 6.18 Å². The number of carbonyl (C=O) groups excluding carboxylic acids is 1. The smallest absolute Gasteiger partial charge is 0.348 e. The maximum absolute atomic E-state index is 13.3. The number of aromatic nitrogens is 1. The number of benzene rings is 3. The molecule has 0 fully saturated rings. The Kier molecular flexibility index (Phi) is 7.04. The molecule has 0 saturated heterocycles. The van der Waals surface area contributed by atoms with Gasteiger partial charge in [-0.15, -0.1) is 0 Å². The van der Waals surface area contributed by atoms with E-state index >= 15 is 0 Å². The summed E-state index contributed by atoms with van der Waals surface area (Å²) in [5.41, 5.74) is -0.295. The first-order valence-corrected chi connectivity index (χ1v) is 12.9. The van der Waals surface area contributed by atoms with Crippen LogP contribution in [0.1, 0.15) is 21.5 Å². The molecule has 4 aromatic rings. The maximum Gasteiger partial charge on any atom is 0.416 e. The van der Waals surface area contributed by atoms with Crippen molar-refractivity contribution in [3.8, 4) is 16.8 Å². The minimum absolute atomic E-state index is 0.00143. The van der Waals surface area contributed by atoms with Crippen LogP contribution >= 0.6 is 0 Å². The zero-order valence-corrected chi connectivity index (χ0v) is 20.3. The number of alkyl halides is 3. The van der Waals surface area contributed by atoms with Gasteiger partial charge in [-0.05, 0) is 53.1 Å². The van der Waals surface area contributed by atoms with E-state index in [0.717, 1.165) is 23.0 Å². The van der Waals surface area contributed by atoms with Crippen molar-refractivity contribution in [2.75, 3.05) is 6.26 Å². The van der Waals surface area contributed by atoms with Crippen molar-refractivity contribution in [3.05, 3.63) is 118 Å². The zero-order chi connectivity index (χ0) is 26.8. The van der Waals surface area contributed by atoms with Crippen LogP contribution < -0.4 is 10.9 Å². The summed E-state index contributed by atoms with van der Waals surface area (Å²) < 4.78 is 64.2. The van der Waals surface area contributed by atoms with Crippen LogP contribution in [0.5, 0.6) is 0 Å². The number of amides is 1. The fourth-order valence-corrected chi connectivity index (χ4v) is 4.32. The first-order valence-electron chi connectivity index (χ1n) is 11.0. The predicted octanol–water partition coefficient (Wildman–Crippen LogP) is 4.86. The minimum Gasteiger partial charge on any atom is -0.348 e. The van der Waals surface area contributed by atoms with Gasteiger partial charge in [0, 0.05) is 24.7 Å². The second kappa shape index (κ2) is 10.1. The molecule has 0 bridgehead atoms. The lowest BCUT2D eigenvalue weighted by molar-refractivity contribution is -0.137. The third kappa shape index (κ3) is 5.97. The molecule has 3 aromatic carbocycles. The van der Waals surface area contributed by atoms with Crippen molar-refractivity contribution >= 4 is 15.7 Å². The van der Waals surface area contributed by atoms with Crippen LogP contribution in [0.2, 0.25) is 0 Å². The van der Waals surface area contributed by atoms with Crippen LogP contribution in [0, 0.1) is 0 Å². The second-order valence-corrected chi connectivity index (χ2v) is 10.3. The molecule has 0 aliphatic carbocycles. The predicted molar refractivity (Wildman–Crippen MR) is 133 cm³/mol. The fourth-order valence-electron chi connectivity index (χ4n) is 3.69. The summed E-state index contributed by atoms with van der Waals surface area (Å²) in [7, 11) is -3.38. The molecule has 1 aromatic heterocycles. The number of nitrogens with one attached hydrogen (secondary N) is 1. The van der Waals surface area contributed by atoms with Crippen LogP contribution in [0.25, 0.3) is 16.8 Å². The number of carbonyl (C=O) groups is 1. The summed E-state index contributed by atoms with van der Waals surface area (Å²) in [5, 5.41) is 2.63. The molecule has 0 saturated carbocycles. The average Bonchev–Trinajstić information content (AvgIpc) is 2.87. The Bertz CT molecular complexity index is 1610. The lowest BCUT2D eigenvalue weighted by Crippen LogP contribution is -2.32. The molecular formula is C27H21F3N2O4S. The monoisotopic (exact) mass is 526 g/mol. The molecule has 4 rings (SSSR count). The van der Waals surface area contributed by atoms with Crippen LogP contribution in [0.3, 0.4) is 0 Å². The van der Waals surface area contributed by atoms with Gasteiger partial charge in [0.2, 0.25) is 0 Å². The molecule has 1 N–H and O–H groups in total. The molecule has 1 amide bonds. The first kappa shape index (κ1) is 25.9. The number of nitrogens with zero attached hydrogens (tertiary/aromatic N) is 1. The van der Waals surface area contributed by atoms with E-state index in [0.29, 0.717) is 16.7 Å². The van der Waals surface area contributed by atoms with E-state index in [1.54, 1.807) is 30.3 Å². The molecule has 0 spiro atoms.